The summed E-state index contributed by atoms with van der Waals surface area (Å²) < 4.78 is 20.7. The highest BCUT2D eigenvalue weighted by Gasteiger charge is 2.15. The van der Waals surface area contributed by atoms with Gasteiger partial charge in [0.2, 0.25) is 0 Å². The van der Waals surface area contributed by atoms with Gasteiger partial charge in [-0.15, -0.1) is 11.6 Å². The van der Waals surface area contributed by atoms with Gasteiger partial charge in [-0.1, -0.05) is 28.5 Å². The number of oxime groups is 2. The van der Waals surface area contributed by atoms with Gasteiger partial charge < -0.3 is 61.6 Å². The SMILES string of the molecule is ClCCCC1OCCO1.N#CCCCC1OCCO1.N#CCCCC=O.N#CCCCCNc1ccccn1.N/C(CCCCNc1ccccn1)=N\O.N/C(CCCCNc1ccccn1)=N\O. The van der Waals surface area contributed by atoms with Gasteiger partial charge in [0.25, 0.3) is 0 Å². The van der Waals surface area contributed by atoms with Gasteiger partial charge >= 0.3 is 0 Å². The number of hydrogen-bond donors (Lipinski definition) is 7. The fraction of sp³-hybridized carbons (Fsp3) is 0.562. The van der Waals surface area contributed by atoms with E-state index in [1.54, 1.807) is 18.6 Å². The summed E-state index contributed by atoms with van der Waals surface area (Å²) in [7, 11) is 0. The highest BCUT2D eigenvalue weighted by Crippen LogP contribution is 2.11. The van der Waals surface area contributed by atoms with Gasteiger partial charge in [-0.05, 0) is 107 Å². The van der Waals surface area contributed by atoms with E-state index in [0.29, 0.717) is 64.0 Å². The number of halogens is 1. The minimum atomic E-state index is -0.0339. The molecule has 3 aromatic heterocycles. The zero-order valence-electron chi connectivity index (χ0n) is 39.9. The summed E-state index contributed by atoms with van der Waals surface area (Å²) >= 11 is 5.47. The molecule has 5 rings (SSSR count). The second-order valence-electron chi connectivity index (χ2n) is 14.6. The molecule has 0 bridgehead atoms. The first kappa shape index (κ1) is 62.7. The molecule has 0 spiro atoms. The average molecular weight is 981 g/mol. The fourth-order valence-electron chi connectivity index (χ4n) is 5.35. The lowest BCUT2D eigenvalue weighted by Crippen LogP contribution is -2.12. The number of nitrogens with one attached hydrogen (secondary N) is 3. The lowest BCUT2D eigenvalue weighted by molar-refractivity contribution is -0.107. The Bertz CT molecular complexity index is 1730. The first-order valence-electron chi connectivity index (χ1n) is 23.3. The molecule has 69 heavy (non-hydrogen) atoms. The normalized spacial score (nSPS) is 12.9. The van der Waals surface area contributed by atoms with E-state index >= 15 is 0 Å². The van der Waals surface area contributed by atoms with E-state index in [4.69, 9.17) is 68.2 Å². The number of anilines is 3. The van der Waals surface area contributed by atoms with E-state index in [1.807, 2.05) is 60.7 Å². The molecule has 20 nitrogen and oxygen atoms in total. The number of carbonyl (C=O) groups is 1. The minimum absolute atomic E-state index is 0.0312. The maximum absolute atomic E-state index is 9.57. The molecule has 3 aromatic rings. The lowest BCUT2D eigenvalue weighted by atomic mass is 10.2. The van der Waals surface area contributed by atoms with Crippen molar-refractivity contribution in [2.75, 3.05) is 67.9 Å². The molecular formula is C48H74ClN13O7. The van der Waals surface area contributed by atoms with Crippen molar-refractivity contribution in [3.8, 4) is 18.2 Å². The molecule has 2 aliphatic heterocycles. The molecule has 0 radical (unpaired) electrons. The predicted octanol–water partition coefficient (Wildman–Crippen LogP) is 8.32. The van der Waals surface area contributed by atoms with E-state index in [2.05, 4.69) is 53.4 Å². The quantitative estimate of drug-likeness (QED) is 0.00756. The lowest BCUT2D eigenvalue weighted by Gasteiger charge is -2.05. The van der Waals surface area contributed by atoms with Crippen molar-refractivity contribution < 1.29 is 34.2 Å². The molecule has 0 saturated carbocycles. The van der Waals surface area contributed by atoms with Crippen molar-refractivity contribution in [2.45, 2.75) is 122 Å². The zero-order valence-corrected chi connectivity index (χ0v) is 40.6. The van der Waals surface area contributed by atoms with E-state index in [-0.39, 0.29) is 24.3 Å². The van der Waals surface area contributed by atoms with Crippen LogP contribution in [0.25, 0.3) is 0 Å². The molecule has 380 valence electrons. The van der Waals surface area contributed by atoms with E-state index in [0.717, 1.165) is 121 Å². The Balaban J connectivity index is 0.000000819. The van der Waals surface area contributed by atoms with Crippen molar-refractivity contribution in [1.82, 2.24) is 15.0 Å². The summed E-state index contributed by atoms with van der Waals surface area (Å²) in [5.41, 5.74) is 10.7. The first-order chi connectivity index (χ1) is 33.9. The molecule has 2 fully saturated rings. The molecule has 2 aliphatic rings. The number of aromatic nitrogens is 3. The van der Waals surface area contributed by atoms with Gasteiger partial charge in [0.15, 0.2) is 12.6 Å². The third kappa shape index (κ3) is 42.7. The van der Waals surface area contributed by atoms with Gasteiger partial charge in [-0.2, -0.15) is 15.8 Å². The molecule has 0 aromatic carbocycles. The Labute approximate surface area is 413 Å². The Morgan fingerprint density at radius 3 is 1.33 bits per heavy atom. The third-order valence-electron chi connectivity index (χ3n) is 8.90. The number of unbranched alkanes of at least 4 members (excludes halogenated alkanes) is 7. The van der Waals surface area contributed by atoms with Crippen LogP contribution >= 0.6 is 11.6 Å². The highest BCUT2D eigenvalue weighted by atomic mass is 35.5. The summed E-state index contributed by atoms with van der Waals surface area (Å²) in [6, 6.07) is 23.4. The summed E-state index contributed by atoms with van der Waals surface area (Å²) in [6.07, 6.45) is 19.7. The molecule has 0 amide bonds. The van der Waals surface area contributed by atoms with Gasteiger partial charge in [0.05, 0.1) is 44.6 Å². The molecule has 5 heterocycles. The van der Waals surface area contributed by atoms with Crippen LogP contribution in [0.15, 0.2) is 83.5 Å². The van der Waals surface area contributed by atoms with Crippen molar-refractivity contribution in [2.24, 2.45) is 21.8 Å². The maximum atomic E-state index is 9.57. The van der Waals surface area contributed by atoms with Crippen LogP contribution in [0.3, 0.4) is 0 Å². The molecule has 9 N–H and O–H groups in total. The number of ether oxygens (including phenoxy) is 4. The number of nitrogens with zero attached hydrogens (tertiary/aromatic N) is 8. The third-order valence-corrected chi connectivity index (χ3v) is 9.17. The fourth-order valence-corrected chi connectivity index (χ4v) is 5.50. The Kier molecular flexibility index (Phi) is 45.0. The average Bonchev–Trinajstić information content (AvgIpc) is 4.13. The second-order valence-corrected chi connectivity index (χ2v) is 15.0. The minimum Gasteiger partial charge on any atom is -0.409 e. The topological polar surface area (TPSA) is 317 Å². The van der Waals surface area contributed by atoms with Crippen LogP contribution in [-0.4, -0.2) is 108 Å². The number of carbonyl (C=O) groups excluding carboxylic acids is 1. The number of rotatable bonds is 26. The van der Waals surface area contributed by atoms with Crippen LogP contribution in [0.5, 0.6) is 0 Å². The van der Waals surface area contributed by atoms with Gasteiger partial charge in [0.1, 0.15) is 35.4 Å². The molecular weight excluding hydrogens is 906 g/mol. The van der Waals surface area contributed by atoms with Crippen molar-refractivity contribution in [3.63, 3.8) is 0 Å². The summed E-state index contributed by atoms with van der Waals surface area (Å²) in [5.74, 6) is 3.92. The molecule has 2 saturated heterocycles. The molecule has 0 unspecified atom stereocenters. The van der Waals surface area contributed by atoms with Crippen LogP contribution < -0.4 is 27.4 Å². The van der Waals surface area contributed by atoms with E-state index < -0.39 is 0 Å². The van der Waals surface area contributed by atoms with Gasteiger partial charge in [-0.3, -0.25) is 0 Å². The maximum Gasteiger partial charge on any atom is 0.157 e. The number of aldehydes is 1. The first-order valence-corrected chi connectivity index (χ1v) is 23.8. The highest BCUT2D eigenvalue weighted by molar-refractivity contribution is 6.17. The smallest absolute Gasteiger partial charge is 0.157 e. The van der Waals surface area contributed by atoms with Crippen molar-refractivity contribution in [3.05, 3.63) is 73.2 Å². The number of amidine groups is 2. The Morgan fingerprint density at radius 1 is 0.609 bits per heavy atom. The van der Waals surface area contributed by atoms with Crippen LogP contribution in [0, 0.1) is 34.0 Å². The van der Waals surface area contributed by atoms with Crippen molar-refractivity contribution >= 4 is 47.0 Å². The Hall–Kier alpha value is -6.34. The van der Waals surface area contributed by atoms with Crippen LogP contribution in [-0.2, 0) is 23.7 Å². The largest absolute Gasteiger partial charge is 0.409 e. The second kappa shape index (κ2) is 49.6. The standard InChI is InChI=1S/2C10H16N4O.C10H13N3.C7H11NO2.C6H11ClO2.C5H7NO/c2*11-9(14-15)5-1-3-7-12-10-6-2-4-8-13-10;11-7-3-1-4-8-12-10-6-2-5-9-13-10;8-4-2-1-3-7-9-5-6-10-7;7-3-1-2-6-8-4-5-9-6;6-4-2-1-3-5-7/h2*2,4,6,8,15H,1,3,5,7H2,(H2,11,14)(H,12,13);2,5-6,9H,1,3-4,8H2,(H,12,13);7H,1-3,5-6H2;6H,1-5H2;5H,1-3H2. The predicted molar refractivity (Wildman–Crippen MR) is 268 cm³/mol. The van der Waals surface area contributed by atoms with E-state index in [9.17, 15) is 4.79 Å². The molecule has 0 aliphatic carbocycles. The number of nitriles is 3. The van der Waals surface area contributed by atoms with Crippen LogP contribution in [0.2, 0.25) is 0 Å². The Morgan fingerprint density at radius 2 is 0.986 bits per heavy atom. The summed E-state index contributed by atoms with van der Waals surface area (Å²) in [6.45, 7) is 5.47. The molecule has 21 heteroatoms. The number of nitrogens with two attached hydrogens (primary N) is 2. The van der Waals surface area contributed by atoms with Crippen molar-refractivity contribution in [1.29, 1.82) is 15.8 Å². The molecule has 0 atom stereocenters. The van der Waals surface area contributed by atoms with Crippen LogP contribution in [0.1, 0.15) is 109 Å². The summed E-state index contributed by atoms with van der Waals surface area (Å²) in [4.78, 5) is 21.9. The van der Waals surface area contributed by atoms with Gasteiger partial charge in [0, 0.05) is 82.6 Å². The number of pyridine rings is 3. The van der Waals surface area contributed by atoms with Gasteiger partial charge in [-0.25, -0.2) is 15.0 Å². The number of alkyl halides is 1. The zero-order chi connectivity index (χ0) is 50.5. The monoisotopic (exact) mass is 980 g/mol. The number of hydrogen-bond acceptors (Lipinski definition) is 18. The van der Waals surface area contributed by atoms with E-state index in [1.165, 1.54) is 0 Å². The summed E-state index contributed by atoms with van der Waals surface area (Å²) in [5, 5.41) is 56.4. The van der Waals surface area contributed by atoms with Crippen LogP contribution in [0.4, 0.5) is 17.5 Å².